The minimum atomic E-state index is -0.0369. The lowest BCUT2D eigenvalue weighted by Gasteiger charge is -2.32. The number of pyridine rings is 1. The van der Waals surface area contributed by atoms with E-state index in [1.54, 1.807) is 12.4 Å². The second kappa shape index (κ2) is 6.73. The van der Waals surface area contributed by atoms with Gasteiger partial charge in [-0.15, -0.1) is 0 Å². The molecule has 0 bridgehead atoms. The third kappa shape index (κ3) is 3.47. The van der Waals surface area contributed by atoms with Crippen LogP contribution in [0.1, 0.15) is 40.5 Å². The van der Waals surface area contributed by atoms with Gasteiger partial charge in [0.05, 0.1) is 11.9 Å². The number of rotatable bonds is 3. The van der Waals surface area contributed by atoms with Gasteiger partial charge in [-0.25, -0.2) is 9.97 Å². The lowest BCUT2D eigenvalue weighted by molar-refractivity contribution is 0.0700. The second-order valence-electron chi connectivity index (χ2n) is 5.86. The third-order valence-corrected chi connectivity index (χ3v) is 4.22. The maximum Gasteiger partial charge on any atom is 0.274 e. The van der Waals surface area contributed by atoms with E-state index in [0.29, 0.717) is 18.2 Å². The molecule has 120 valence electrons. The molecule has 2 aromatic heterocycles. The van der Waals surface area contributed by atoms with E-state index in [1.807, 2.05) is 31.1 Å². The molecule has 1 fully saturated rings. The van der Waals surface area contributed by atoms with Crippen molar-refractivity contribution in [2.45, 2.75) is 25.7 Å². The van der Waals surface area contributed by atoms with E-state index in [4.69, 9.17) is 0 Å². The topological polar surface area (TPSA) is 71.0 Å². The summed E-state index contributed by atoms with van der Waals surface area (Å²) in [5.74, 6) is 1.15. The number of carbonyl (C=O) groups is 1. The van der Waals surface area contributed by atoms with Crippen LogP contribution in [-0.2, 0) is 0 Å². The standard InChI is InChI=1S/C17H21N5O/c1-12-9-21-15(10-20-12)17(23)22-7-3-4-14(11-22)13-5-6-19-16(8-13)18-2/h5-6,8-10,14H,3-4,7,11H2,1-2H3,(H,18,19)/t14-/m1/s1. The Kier molecular flexibility index (Phi) is 4.50. The molecular formula is C17H21N5O. The molecule has 1 aliphatic heterocycles. The Balaban J connectivity index is 1.75. The van der Waals surface area contributed by atoms with Gasteiger partial charge in [0.15, 0.2) is 0 Å². The van der Waals surface area contributed by atoms with Gasteiger partial charge in [-0.3, -0.25) is 9.78 Å². The first-order chi connectivity index (χ1) is 11.2. The zero-order valence-corrected chi connectivity index (χ0v) is 13.5. The number of aryl methyl sites for hydroxylation is 1. The van der Waals surface area contributed by atoms with Gasteiger partial charge in [-0.2, -0.15) is 0 Å². The Hall–Kier alpha value is -2.50. The van der Waals surface area contributed by atoms with E-state index >= 15 is 0 Å². The van der Waals surface area contributed by atoms with Crippen LogP contribution in [-0.4, -0.2) is 45.9 Å². The van der Waals surface area contributed by atoms with Crippen molar-refractivity contribution in [3.8, 4) is 0 Å². The summed E-state index contributed by atoms with van der Waals surface area (Å²) < 4.78 is 0. The molecule has 0 aromatic carbocycles. The van der Waals surface area contributed by atoms with Crippen LogP contribution in [0.25, 0.3) is 0 Å². The van der Waals surface area contributed by atoms with Crippen molar-refractivity contribution in [1.82, 2.24) is 19.9 Å². The predicted molar refractivity (Wildman–Crippen MR) is 88.4 cm³/mol. The number of carbonyl (C=O) groups excluding carboxylic acids is 1. The first-order valence-electron chi connectivity index (χ1n) is 7.89. The van der Waals surface area contributed by atoms with Crippen molar-refractivity contribution in [2.75, 3.05) is 25.5 Å². The molecule has 0 aliphatic carbocycles. The summed E-state index contributed by atoms with van der Waals surface area (Å²) in [5.41, 5.74) is 2.45. The molecule has 6 heteroatoms. The number of amides is 1. The van der Waals surface area contributed by atoms with Crippen molar-refractivity contribution >= 4 is 11.7 Å². The van der Waals surface area contributed by atoms with Crippen LogP contribution in [0, 0.1) is 6.92 Å². The summed E-state index contributed by atoms with van der Waals surface area (Å²) in [6.07, 6.45) is 7.08. The highest BCUT2D eigenvalue weighted by Crippen LogP contribution is 2.28. The highest BCUT2D eigenvalue weighted by molar-refractivity contribution is 5.92. The van der Waals surface area contributed by atoms with Crippen LogP contribution in [0.15, 0.2) is 30.7 Å². The van der Waals surface area contributed by atoms with Crippen LogP contribution < -0.4 is 5.32 Å². The molecule has 1 N–H and O–H groups in total. The highest BCUT2D eigenvalue weighted by atomic mass is 16.2. The number of hydrogen-bond acceptors (Lipinski definition) is 5. The fourth-order valence-corrected chi connectivity index (χ4v) is 2.94. The quantitative estimate of drug-likeness (QED) is 0.941. The number of nitrogens with one attached hydrogen (secondary N) is 1. The average molecular weight is 311 g/mol. The summed E-state index contributed by atoms with van der Waals surface area (Å²) in [7, 11) is 1.86. The normalized spacial score (nSPS) is 17.8. The Labute approximate surface area is 136 Å². The molecule has 0 saturated carbocycles. The summed E-state index contributed by atoms with van der Waals surface area (Å²) in [4.78, 5) is 27.1. The van der Waals surface area contributed by atoms with E-state index < -0.39 is 0 Å². The molecule has 1 aliphatic rings. The van der Waals surface area contributed by atoms with Gasteiger partial charge < -0.3 is 10.2 Å². The molecule has 2 aromatic rings. The van der Waals surface area contributed by atoms with Gasteiger partial charge in [0.1, 0.15) is 11.5 Å². The molecule has 1 saturated heterocycles. The summed E-state index contributed by atoms with van der Waals surface area (Å²) in [5, 5.41) is 3.06. The maximum atomic E-state index is 12.6. The second-order valence-corrected chi connectivity index (χ2v) is 5.86. The van der Waals surface area contributed by atoms with Gasteiger partial charge in [0.2, 0.25) is 0 Å². The molecule has 0 unspecified atom stereocenters. The van der Waals surface area contributed by atoms with Gasteiger partial charge in [-0.05, 0) is 37.5 Å². The number of nitrogens with zero attached hydrogens (tertiary/aromatic N) is 4. The Morgan fingerprint density at radius 2 is 2.17 bits per heavy atom. The smallest absolute Gasteiger partial charge is 0.274 e. The zero-order chi connectivity index (χ0) is 16.2. The van der Waals surface area contributed by atoms with Crippen LogP contribution in [0.4, 0.5) is 5.82 Å². The average Bonchev–Trinajstić information content (AvgIpc) is 2.62. The minimum absolute atomic E-state index is 0.0369. The van der Waals surface area contributed by atoms with E-state index in [9.17, 15) is 4.79 Å². The lowest BCUT2D eigenvalue weighted by Crippen LogP contribution is -2.39. The molecule has 3 rings (SSSR count). The van der Waals surface area contributed by atoms with Gasteiger partial charge in [0, 0.05) is 38.4 Å². The SMILES string of the molecule is CNc1cc([C@@H]2CCCN(C(=O)c3cnc(C)cn3)C2)ccn1. The van der Waals surface area contributed by atoms with Gasteiger partial charge in [0.25, 0.3) is 5.91 Å². The minimum Gasteiger partial charge on any atom is -0.373 e. The number of hydrogen-bond donors (Lipinski definition) is 1. The molecule has 23 heavy (non-hydrogen) atoms. The number of piperidine rings is 1. The first kappa shape index (κ1) is 15.4. The molecular weight excluding hydrogens is 290 g/mol. The fraction of sp³-hybridized carbons (Fsp3) is 0.412. The van der Waals surface area contributed by atoms with Crippen molar-refractivity contribution in [2.24, 2.45) is 0 Å². The summed E-state index contributed by atoms with van der Waals surface area (Å²) in [6.45, 7) is 3.34. The van der Waals surface area contributed by atoms with Crippen LogP contribution in [0.2, 0.25) is 0 Å². The molecule has 1 atom stereocenters. The monoisotopic (exact) mass is 311 g/mol. The number of likely N-dealkylation sites (tertiary alicyclic amines) is 1. The summed E-state index contributed by atoms with van der Waals surface area (Å²) >= 11 is 0. The lowest BCUT2D eigenvalue weighted by atomic mass is 9.91. The molecule has 3 heterocycles. The van der Waals surface area contributed by atoms with Crippen LogP contribution in [0.3, 0.4) is 0 Å². The van der Waals surface area contributed by atoms with Crippen LogP contribution >= 0.6 is 0 Å². The van der Waals surface area contributed by atoms with Crippen molar-refractivity contribution < 1.29 is 4.79 Å². The van der Waals surface area contributed by atoms with Crippen molar-refractivity contribution in [1.29, 1.82) is 0 Å². The molecule has 1 amide bonds. The Morgan fingerprint density at radius 3 is 2.91 bits per heavy atom. The highest BCUT2D eigenvalue weighted by Gasteiger charge is 2.26. The zero-order valence-electron chi connectivity index (χ0n) is 13.5. The predicted octanol–water partition coefficient (Wildman–Crippen LogP) is 2.24. The molecule has 6 nitrogen and oxygen atoms in total. The molecule has 0 spiro atoms. The third-order valence-electron chi connectivity index (χ3n) is 4.22. The van der Waals surface area contributed by atoms with Crippen molar-refractivity contribution in [3.05, 3.63) is 47.7 Å². The largest absolute Gasteiger partial charge is 0.373 e. The van der Waals surface area contributed by atoms with E-state index in [2.05, 4.69) is 26.3 Å². The number of aromatic nitrogens is 3. The van der Waals surface area contributed by atoms with Gasteiger partial charge >= 0.3 is 0 Å². The van der Waals surface area contributed by atoms with E-state index in [1.165, 1.54) is 5.56 Å². The van der Waals surface area contributed by atoms with Crippen molar-refractivity contribution in [3.63, 3.8) is 0 Å². The van der Waals surface area contributed by atoms with E-state index in [0.717, 1.165) is 30.9 Å². The van der Waals surface area contributed by atoms with Crippen LogP contribution in [0.5, 0.6) is 0 Å². The number of anilines is 1. The Bertz CT molecular complexity index is 686. The van der Waals surface area contributed by atoms with Gasteiger partial charge in [-0.1, -0.05) is 0 Å². The van der Waals surface area contributed by atoms with E-state index in [-0.39, 0.29) is 5.91 Å². The first-order valence-corrected chi connectivity index (χ1v) is 7.89. The Morgan fingerprint density at radius 1 is 1.30 bits per heavy atom. The fourth-order valence-electron chi connectivity index (χ4n) is 2.94. The molecule has 0 radical (unpaired) electrons. The summed E-state index contributed by atoms with van der Waals surface area (Å²) in [6, 6.07) is 4.09. The maximum absolute atomic E-state index is 12.6.